The van der Waals surface area contributed by atoms with E-state index in [0.717, 1.165) is 16.9 Å². The Labute approximate surface area is 114 Å². The Bertz CT molecular complexity index is 569. The molecule has 1 aliphatic heterocycles. The molecule has 3 N–H and O–H groups in total. The third kappa shape index (κ3) is 2.49. The highest BCUT2D eigenvalue weighted by Crippen LogP contribution is 2.30. The van der Waals surface area contributed by atoms with Gasteiger partial charge in [0.15, 0.2) is 11.4 Å². The summed E-state index contributed by atoms with van der Waals surface area (Å²) in [6.07, 6.45) is -0.0626. The summed E-state index contributed by atoms with van der Waals surface area (Å²) >= 11 is 1.82. The molecule has 2 unspecified atom stereocenters. The molecule has 2 aromatic rings. The minimum atomic E-state index is -0.363. The van der Waals surface area contributed by atoms with Gasteiger partial charge in [0.05, 0.1) is 12.7 Å². The van der Waals surface area contributed by atoms with Gasteiger partial charge in [0.1, 0.15) is 11.8 Å². The van der Waals surface area contributed by atoms with Crippen LogP contribution in [0.4, 0.5) is 4.39 Å². The SMILES string of the molecule is NNC(c1cc2cccc(F)c2o1)C1CSCCO1. The number of thioether (sulfide) groups is 1. The number of nitrogens with one attached hydrogen (secondary N) is 1. The molecule has 0 amide bonds. The summed E-state index contributed by atoms with van der Waals surface area (Å²) in [6.45, 7) is 0.697. The van der Waals surface area contributed by atoms with Gasteiger partial charge in [0.2, 0.25) is 0 Å². The number of para-hydroxylation sites is 1. The maximum atomic E-state index is 13.6. The van der Waals surface area contributed by atoms with Gasteiger partial charge in [-0.2, -0.15) is 11.8 Å². The van der Waals surface area contributed by atoms with Gasteiger partial charge in [0, 0.05) is 16.9 Å². The van der Waals surface area contributed by atoms with Crippen LogP contribution in [0, 0.1) is 5.82 Å². The van der Waals surface area contributed by atoms with Gasteiger partial charge < -0.3 is 9.15 Å². The summed E-state index contributed by atoms with van der Waals surface area (Å²) in [5.74, 6) is 7.68. The van der Waals surface area contributed by atoms with E-state index < -0.39 is 0 Å². The number of rotatable bonds is 3. The van der Waals surface area contributed by atoms with Crippen molar-refractivity contribution in [2.45, 2.75) is 12.1 Å². The van der Waals surface area contributed by atoms with E-state index in [2.05, 4.69) is 5.43 Å². The lowest BCUT2D eigenvalue weighted by molar-refractivity contribution is 0.0413. The van der Waals surface area contributed by atoms with E-state index in [4.69, 9.17) is 15.0 Å². The van der Waals surface area contributed by atoms with E-state index in [1.807, 2.05) is 23.9 Å². The minimum absolute atomic E-state index is 0.0626. The number of hydrogen-bond donors (Lipinski definition) is 2. The molecule has 0 spiro atoms. The quantitative estimate of drug-likeness (QED) is 0.667. The third-order valence-corrected chi connectivity index (χ3v) is 4.23. The van der Waals surface area contributed by atoms with Crippen LogP contribution in [0.1, 0.15) is 11.8 Å². The Morgan fingerprint density at radius 1 is 1.47 bits per heavy atom. The lowest BCUT2D eigenvalue weighted by atomic mass is 10.1. The van der Waals surface area contributed by atoms with Crippen molar-refractivity contribution in [3.63, 3.8) is 0 Å². The number of nitrogens with two attached hydrogens (primary N) is 1. The molecule has 0 radical (unpaired) electrons. The standard InChI is InChI=1S/C13H15FN2O2S/c14-9-3-1-2-8-6-10(18-13(8)9)12(16-15)11-7-19-5-4-17-11/h1-3,6,11-12,16H,4-5,7,15H2. The van der Waals surface area contributed by atoms with Crippen LogP contribution in [-0.2, 0) is 4.74 Å². The molecule has 1 aromatic carbocycles. The average molecular weight is 282 g/mol. The molecular weight excluding hydrogens is 267 g/mol. The van der Waals surface area contributed by atoms with Gasteiger partial charge in [-0.05, 0) is 12.1 Å². The summed E-state index contributed by atoms with van der Waals surface area (Å²) in [5.41, 5.74) is 2.98. The maximum Gasteiger partial charge on any atom is 0.169 e. The van der Waals surface area contributed by atoms with E-state index >= 15 is 0 Å². The van der Waals surface area contributed by atoms with Gasteiger partial charge in [0.25, 0.3) is 0 Å². The highest BCUT2D eigenvalue weighted by atomic mass is 32.2. The Balaban J connectivity index is 1.94. The molecule has 102 valence electrons. The minimum Gasteiger partial charge on any atom is -0.456 e. The monoisotopic (exact) mass is 282 g/mol. The zero-order valence-electron chi connectivity index (χ0n) is 10.3. The van der Waals surface area contributed by atoms with Crippen LogP contribution in [0.2, 0.25) is 0 Å². The van der Waals surface area contributed by atoms with E-state index in [1.54, 1.807) is 6.07 Å². The first kappa shape index (κ1) is 12.9. The second-order valence-corrected chi connectivity index (χ2v) is 5.59. The van der Waals surface area contributed by atoms with Crippen molar-refractivity contribution in [2.24, 2.45) is 5.84 Å². The summed E-state index contributed by atoms with van der Waals surface area (Å²) in [5, 5.41) is 0.735. The predicted octanol–water partition coefficient (Wildman–Crippen LogP) is 2.21. The fourth-order valence-electron chi connectivity index (χ4n) is 2.27. The van der Waals surface area contributed by atoms with Crippen molar-refractivity contribution in [1.82, 2.24) is 5.43 Å². The summed E-state index contributed by atoms with van der Waals surface area (Å²) in [6, 6.07) is 6.41. The lowest BCUT2D eigenvalue weighted by Crippen LogP contribution is -2.41. The fraction of sp³-hybridized carbons (Fsp3) is 0.385. The largest absolute Gasteiger partial charge is 0.456 e. The van der Waals surface area contributed by atoms with Crippen LogP contribution in [0.25, 0.3) is 11.0 Å². The second-order valence-electron chi connectivity index (χ2n) is 4.44. The van der Waals surface area contributed by atoms with Crippen molar-refractivity contribution >= 4 is 22.7 Å². The third-order valence-electron chi connectivity index (χ3n) is 3.21. The number of furan rings is 1. The lowest BCUT2D eigenvalue weighted by Gasteiger charge is -2.28. The first-order valence-corrected chi connectivity index (χ1v) is 7.28. The van der Waals surface area contributed by atoms with E-state index in [-0.39, 0.29) is 23.5 Å². The molecule has 1 aromatic heterocycles. The maximum absolute atomic E-state index is 13.6. The van der Waals surface area contributed by atoms with Crippen molar-refractivity contribution in [3.05, 3.63) is 35.8 Å². The molecule has 2 atom stereocenters. The molecule has 3 rings (SSSR count). The van der Waals surface area contributed by atoms with Gasteiger partial charge in [-0.25, -0.2) is 9.82 Å². The number of hydrazine groups is 1. The summed E-state index contributed by atoms with van der Waals surface area (Å²) in [4.78, 5) is 0. The number of hydrogen-bond acceptors (Lipinski definition) is 5. The van der Waals surface area contributed by atoms with E-state index in [1.165, 1.54) is 6.07 Å². The smallest absolute Gasteiger partial charge is 0.169 e. The number of benzene rings is 1. The van der Waals surface area contributed by atoms with Crippen molar-refractivity contribution in [3.8, 4) is 0 Å². The summed E-state index contributed by atoms with van der Waals surface area (Å²) < 4.78 is 24.9. The van der Waals surface area contributed by atoms with E-state index in [9.17, 15) is 4.39 Å². The highest BCUT2D eigenvalue weighted by Gasteiger charge is 2.28. The Kier molecular flexibility index (Phi) is 3.74. The molecule has 0 saturated carbocycles. The second kappa shape index (κ2) is 5.50. The Hall–Kier alpha value is -1.08. The molecule has 2 heterocycles. The van der Waals surface area contributed by atoms with Crippen LogP contribution in [-0.4, -0.2) is 24.2 Å². The van der Waals surface area contributed by atoms with Crippen LogP contribution in [0.3, 0.4) is 0 Å². The highest BCUT2D eigenvalue weighted by molar-refractivity contribution is 7.99. The molecule has 6 heteroatoms. The number of ether oxygens (including phenoxy) is 1. The zero-order chi connectivity index (χ0) is 13.2. The van der Waals surface area contributed by atoms with Crippen LogP contribution < -0.4 is 11.3 Å². The molecular formula is C13H15FN2O2S. The number of fused-ring (bicyclic) bond motifs is 1. The molecule has 0 aliphatic carbocycles. The molecule has 0 bridgehead atoms. The van der Waals surface area contributed by atoms with Gasteiger partial charge >= 0.3 is 0 Å². The van der Waals surface area contributed by atoms with Gasteiger partial charge in [-0.3, -0.25) is 5.84 Å². The normalized spacial score (nSPS) is 21.7. The summed E-state index contributed by atoms with van der Waals surface area (Å²) in [7, 11) is 0. The fourth-order valence-corrected chi connectivity index (χ4v) is 3.17. The Morgan fingerprint density at radius 2 is 2.37 bits per heavy atom. The molecule has 4 nitrogen and oxygen atoms in total. The topological polar surface area (TPSA) is 60.4 Å². The first-order chi connectivity index (χ1) is 9.29. The number of halogens is 1. The van der Waals surface area contributed by atoms with Crippen molar-refractivity contribution in [2.75, 3.05) is 18.1 Å². The molecule has 1 saturated heterocycles. The Morgan fingerprint density at radius 3 is 3.05 bits per heavy atom. The van der Waals surface area contributed by atoms with E-state index in [0.29, 0.717) is 12.4 Å². The zero-order valence-corrected chi connectivity index (χ0v) is 11.1. The van der Waals surface area contributed by atoms with Crippen LogP contribution in [0.15, 0.2) is 28.7 Å². The van der Waals surface area contributed by atoms with Crippen LogP contribution in [0.5, 0.6) is 0 Å². The predicted molar refractivity (Wildman–Crippen MR) is 73.3 cm³/mol. The first-order valence-electron chi connectivity index (χ1n) is 6.13. The van der Waals surface area contributed by atoms with Gasteiger partial charge in [-0.15, -0.1) is 0 Å². The average Bonchev–Trinajstić information content (AvgIpc) is 2.86. The van der Waals surface area contributed by atoms with Gasteiger partial charge in [-0.1, -0.05) is 12.1 Å². The molecule has 19 heavy (non-hydrogen) atoms. The van der Waals surface area contributed by atoms with Crippen LogP contribution >= 0.6 is 11.8 Å². The van der Waals surface area contributed by atoms with Crippen molar-refractivity contribution < 1.29 is 13.5 Å². The van der Waals surface area contributed by atoms with Crippen molar-refractivity contribution in [1.29, 1.82) is 0 Å². The molecule has 1 fully saturated rings. The molecule has 1 aliphatic rings.